The molecule has 0 saturated carbocycles. The molecule has 0 bridgehead atoms. The number of carbonyl (C=O) groups is 1. The Balaban J connectivity index is 1.44. The van der Waals surface area contributed by atoms with Gasteiger partial charge in [-0.2, -0.15) is 10.1 Å². The van der Waals surface area contributed by atoms with E-state index in [1.807, 2.05) is 6.92 Å². The Hall–Kier alpha value is -2.95. The normalized spacial score (nSPS) is 14.9. The summed E-state index contributed by atoms with van der Waals surface area (Å²) in [6.07, 6.45) is 0. The van der Waals surface area contributed by atoms with Gasteiger partial charge in [0.15, 0.2) is 10.6 Å². The van der Waals surface area contributed by atoms with Crippen LogP contribution in [-0.4, -0.2) is 62.3 Å². The largest absolute Gasteiger partial charge is 0.368 e. The number of urea groups is 1. The molecular formula is C14H17N9OS. The van der Waals surface area contributed by atoms with E-state index in [2.05, 4.69) is 35.4 Å². The molecule has 0 radical (unpaired) electrons. The van der Waals surface area contributed by atoms with Crippen molar-refractivity contribution in [3.05, 3.63) is 17.3 Å². The first-order valence-electron chi connectivity index (χ1n) is 7.80. The van der Waals surface area contributed by atoms with Crippen LogP contribution in [0.15, 0.2) is 11.6 Å². The van der Waals surface area contributed by atoms with E-state index in [0.717, 1.165) is 21.9 Å². The summed E-state index contributed by atoms with van der Waals surface area (Å²) in [7, 11) is 0. The van der Waals surface area contributed by atoms with Gasteiger partial charge >= 0.3 is 6.03 Å². The van der Waals surface area contributed by atoms with Gasteiger partial charge in [-0.05, 0) is 6.92 Å². The van der Waals surface area contributed by atoms with Gasteiger partial charge in [-0.25, -0.2) is 14.8 Å². The Morgan fingerprint density at radius 3 is 2.84 bits per heavy atom. The molecule has 4 rings (SSSR count). The summed E-state index contributed by atoms with van der Waals surface area (Å²) in [5.74, 6) is 1.56. The quantitative estimate of drug-likeness (QED) is 0.624. The third kappa shape index (κ3) is 3.05. The van der Waals surface area contributed by atoms with Crippen LogP contribution in [0.2, 0.25) is 0 Å². The Morgan fingerprint density at radius 2 is 2.12 bits per heavy atom. The highest BCUT2D eigenvalue weighted by molar-refractivity contribution is 7.16. The van der Waals surface area contributed by atoms with Crippen molar-refractivity contribution in [3.8, 4) is 0 Å². The molecule has 0 spiro atoms. The average molecular weight is 359 g/mol. The van der Waals surface area contributed by atoms with Crippen LogP contribution in [0.3, 0.4) is 0 Å². The van der Waals surface area contributed by atoms with Crippen molar-refractivity contribution in [1.82, 2.24) is 30.0 Å². The number of nitrogens with one attached hydrogen (secondary N) is 2. The minimum atomic E-state index is -0.149. The molecule has 0 unspecified atom stereocenters. The zero-order valence-electron chi connectivity index (χ0n) is 13.6. The lowest BCUT2D eigenvalue weighted by atomic mass is 10.3. The fourth-order valence-corrected chi connectivity index (χ4v) is 3.44. The van der Waals surface area contributed by atoms with Gasteiger partial charge in [0.25, 0.3) is 0 Å². The maximum atomic E-state index is 12.3. The third-order valence-electron chi connectivity index (χ3n) is 4.01. The van der Waals surface area contributed by atoms with Gasteiger partial charge in [0.05, 0.1) is 11.2 Å². The predicted octanol–water partition coefficient (Wildman–Crippen LogP) is 1.05. The molecular weight excluding hydrogens is 342 g/mol. The fraction of sp³-hybridized carbons (Fsp3) is 0.357. The lowest BCUT2D eigenvalue weighted by Gasteiger charge is -2.35. The number of aromatic nitrogens is 5. The molecule has 1 aliphatic rings. The summed E-state index contributed by atoms with van der Waals surface area (Å²) in [5.41, 5.74) is 9.12. The third-order valence-corrected chi connectivity index (χ3v) is 4.73. The van der Waals surface area contributed by atoms with Crippen molar-refractivity contribution >= 4 is 45.3 Å². The minimum absolute atomic E-state index is 0.149. The summed E-state index contributed by atoms with van der Waals surface area (Å²) in [5, 5.41) is 9.59. The highest BCUT2D eigenvalue weighted by Crippen LogP contribution is 2.26. The molecule has 1 aliphatic heterocycles. The van der Waals surface area contributed by atoms with E-state index in [9.17, 15) is 4.79 Å². The number of nitrogens with two attached hydrogens (primary N) is 1. The number of anilines is 3. The summed E-state index contributed by atoms with van der Waals surface area (Å²) < 4.78 is 0. The van der Waals surface area contributed by atoms with E-state index in [-0.39, 0.29) is 12.0 Å². The fourth-order valence-electron chi connectivity index (χ4n) is 2.79. The number of hydrogen-bond donors (Lipinski definition) is 3. The number of hydrogen-bond acceptors (Lipinski definition) is 8. The van der Waals surface area contributed by atoms with Gasteiger partial charge < -0.3 is 15.5 Å². The Bertz CT molecular complexity index is 912. The second kappa shape index (κ2) is 6.16. The summed E-state index contributed by atoms with van der Waals surface area (Å²) in [6, 6.07) is 1.64. The molecule has 0 aliphatic carbocycles. The molecule has 25 heavy (non-hydrogen) atoms. The van der Waals surface area contributed by atoms with Crippen molar-refractivity contribution in [2.75, 3.05) is 42.1 Å². The van der Waals surface area contributed by atoms with E-state index in [1.165, 1.54) is 11.3 Å². The zero-order valence-corrected chi connectivity index (χ0v) is 14.4. The van der Waals surface area contributed by atoms with Crippen LogP contribution in [0, 0.1) is 6.92 Å². The van der Waals surface area contributed by atoms with Crippen LogP contribution in [0.1, 0.15) is 5.69 Å². The van der Waals surface area contributed by atoms with Crippen molar-refractivity contribution in [2.24, 2.45) is 0 Å². The first-order valence-corrected chi connectivity index (χ1v) is 8.68. The monoisotopic (exact) mass is 359 g/mol. The van der Waals surface area contributed by atoms with Gasteiger partial charge in [-0.3, -0.25) is 10.4 Å². The minimum Gasteiger partial charge on any atom is -0.368 e. The van der Waals surface area contributed by atoms with E-state index >= 15 is 0 Å². The first-order chi connectivity index (χ1) is 12.1. The van der Waals surface area contributed by atoms with Crippen molar-refractivity contribution in [1.29, 1.82) is 0 Å². The van der Waals surface area contributed by atoms with Crippen molar-refractivity contribution in [2.45, 2.75) is 6.92 Å². The molecule has 3 aromatic heterocycles. The van der Waals surface area contributed by atoms with Gasteiger partial charge in [-0.15, -0.1) is 11.3 Å². The second-order valence-electron chi connectivity index (χ2n) is 5.74. The van der Waals surface area contributed by atoms with Crippen LogP contribution < -0.4 is 16.0 Å². The van der Waals surface area contributed by atoms with Crippen LogP contribution in [0.4, 0.5) is 22.4 Å². The molecule has 4 N–H and O–H groups in total. The topological polar surface area (TPSA) is 129 Å². The number of aryl methyl sites for hydroxylation is 1. The number of rotatable bonds is 2. The van der Waals surface area contributed by atoms with Crippen molar-refractivity contribution < 1.29 is 4.79 Å². The number of H-pyrrole nitrogens is 1. The summed E-state index contributed by atoms with van der Waals surface area (Å²) in [6.45, 7) is 4.32. The molecule has 130 valence electrons. The van der Waals surface area contributed by atoms with Crippen LogP contribution in [0.25, 0.3) is 10.3 Å². The Kier molecular flexibility index (Phi) is 3.84. The zero-order chi connectivity index (χ0) is 17.4. The molecule has 2 amide bonds. The van der Waals surface area contributed by atoms with Crippen LogP contribution >= 0.6 is 11.3 Å². The highest BCUT2D eigenvalue weighted by Gasteiger charge is 2.24. The Labute approximate surface area is 147 Å². The summed E-state index contributed by atoms with van der Waals surface area (Å²) >= 11 is 1.44. The predicted molar refractivity (Wildman–Crippen MR) is 95.8 cm³/mol. The lowest BCUT2D eigenvalue weighted by molar-refractivity contribution is 0.208. The van der Waals surface area contributed by atoms with Gasteiger partial charge in [-0.1, -0.05) is 0 Å². The molecule has 1 fully saturated rings. The van der Waals surface area contributed by atoms with E-state index in [4.69, 9.17) is 5.73 Å². The van der Waals surface area contributed by atoms with Crippen LogP contribution in [-0.2, 0) is 0 Å². The summed E-state index contributed by atoms with van der Waals surface area (Å²) in [4.78, 5) is 29.8. The van der Waals surface area contributed by atoms with Gasteiger partial charge in [0.2, 0.25) is 5.95 Å². The van der Waals surface area contributed by atoms with Gasteiger partial charge in [0, 0.05) is 32.2 Å². The number of carbonyl (C=O) groups excluding carboxylic acids is 1. The van der Waals surface area contributed by atoms with Crippen molar-refractivity contribution in [3.63, 3.8) is 0 Å². The van der Waals surface area contributed by atoms with E-state index in [1.54, 1.807) is 16.5 Å². The number of thiazole rings is 1. The standard InChI is InChI=1S/C14H17N9OS/c1-8-6-9(21-20-8)17-14(24)23-4-2-22(3-5-23)11-10-12(25-7-16-10)19-13(15)18-11/h6-7H,2-5H2,1H3,(H2,15,18,19)(H2,17,20,21,24). The highest BCUT2D eigenvalue weighted by atomic mass is 32.1. The number of piperazine rings is 1. The number of aromatic amines is 1. The molecule has 11 heteroatoms. The van der Waals surface area contributed by atoms with Gasteiger partial charge in [0.1, 0.15) is 11.3 Å². The maximum Gasteiger partial charge on any atom is 0.323 e. The number of nitrogen functional groups attached to an aromatic ring is 1. The van der Waals surface area contributed by atoms with Crippen LogP contribution in [0.5, 0.6) is 0 Å². The maximum absolute atomic E-state index is 12.3. The molecule has 3 aromatic rings. The number of nitrogens with zero attached hydrogens (tertiary/aromatic N) is 6. The molecule has 0 aromatic carbocycles. The molecule has 1 saturated heterocycles. The van der Waals surface area contributed by atoms with E-state index in [0.29, 0.717) is 32.0 Å². The first kappa shape index (κ1) is 15.6. The average Bonchev–Trinajstić information content (AvgIpc) is 3.23. The second-order valence-corrected chi connectivity index (χ2v) is 6.57. The van der Waals surface area contributed by atoms with E-state index < -0.39 is 0 Å². The molecule has 10 nitrogen and oxygen atoms in total. The lowest BCUT2D eigenvalue weighted by Crippen LogP contribution is -2.50. The molecule has 0 atom stereocenters. The number of fused-ring (bicyclic) bond motifs is 1. The SMILES string of the molecule is Cc1cc(NC(=O)N2CCN(c3nc(N)nc4scnc34)CC2)[nH]n1. The Morgan fingerprint density at radius 1 is 1.32 bits per heavy atom. The smallest absolute Gasteiger partial charge is 0.323 e. The molecule has 4 heterocycles. The number of amides is 2.